The summed E-state index contributed by atoms with van der Waals surface area (Å²) in [7, 11) is -2.11. The molecule has 52 heavy (non-hydrogen) atoms. The molecule has 6 aromatic carbocycles. The van der Waals surface area contributed by atoms with Crippen molar-refractivity contribution in [1.82, 2.24) is 5.32 Å². The first-order chi connectivity index (χ1) is 25.6. The topological polar surface area (TPSA) is 102 Å². The predicted octanol–water partition coefficient (Wildman–Crippen LogP) is 8.95. The van der Waals surface area contributed by atoms with Crippen LogP contribution < -0.4 is 9.84 Å². The number of fused-ring (bicyclic) bond motifs is 8. The minimum absolute atomic E-state index is 0.214. The zero-order valence-electron chi connectivity index (χ0n) is 28.3. The van der Waals surface area contributed by atoms with E-state index in [9.17, 15) is 4.79 Å². The number of ether oxygens (including phenoxy) is 4. The van der Waals surface area contributed by atoms with Crippen molar-refractivity contribution >= 4 is 57.6 Å². The Morgan fingerprint density at radius 3 is 1.96 bits per heavy atom. The fraction of sp³-hybridized carbons (Fsp3) is 0.214. The van der Waals surface area contributed by atoms with Gasteiger partial charge in [-0.3, -0.25) is 9.32 Å². The van der Waals surface area contributed by atoms with Gasteiger partial charge in [0.05, 0.1) is 13.2 Å². The third-order valence-electron chi connectivity index (χ3n) is 9.62. The summed E-state index contributed by atoms with van der Waals surface area (Å²) >= 11 is 0. The van der Waals surface area contributed by atoms with Gasteiger partial charge in [0.1, 0.15) is 35.5 Å². The molecular weight excluding hydrogens is 677 g/mol. The predicted molar refractivity (Wildman–Crippen MR) is 199 cm³/mol. The summed E-state index contributed by atoms with van der Waals surface area (Å²) in [5.41, 5.74) is 3.07. The van der Waals surface area contributed by atoms with Gasteiger partial charge in [0.25, 0.3) is 0 Å². The fourth-order valence-electron chi connectivity index (χ4n) is 7.25. The molecule has 0 saturated carbocycles. The van der Waals surface area contributed by atoms with Gasteiger partial charge in [0, 0.05) is 23.3 Å². The molecule has 0 spiro atoms. The summed E-state index contributed by atoms with van der Waals surface area (Å²) in [6.07, 6.45) is -3.66. The molecule has 1 N–H and O–H groups in total. The largest absolute Gasteiger partial charge is 0.399 e. The first-order valence-electron chi connectivity index (χ1n) is 17.4. The Balaban J connectivity index is 1.19. The van der Waals surface area contributed by atoms with E-state index >= 15 is 0 Å². The van der Waals surface area contributed by atoms with Crippen molar-refractivity contribution in [2.24, 2.45) is 0 Å². The van der Waals surface area contributed by atoms with E-state index in [1.807, 2.05) is 109 Å². The Kier molecular flexibility index (Phi) is 8.98. The quantitative estimate of drug-likeness (QED) is 0.175. The maximum absolute atomic E-state index is 12.8. The number of benzene rings is 6. The van der Waals surface area contributed by atoms with E-state index in [1.54, 1.807) is 0 Å². The van der Waals surface area contributed by atoms with Crippen LogP contribution in [0.2, 0.25) is 0 Å². The lowest BCUT2D eigenvalue weighted by molar-refractivity contribution is -0.340. The maximum Gasteiger partial charge on any atom is 0.387 e. The van der Waals surface area contributed by atoms with E-state index in [0.717, 1.165) is 43.4 Å². The van der Waals surface area contributed by atoms with Gasteiger partial charge in [-0.15, -0.1) is 0 Å². The van der Waals surface area contributed by atoms with Crippen molar-refractivity contribution in [2.45, 2.75) is 50.5 Å². The standard InChI is InChI=1S/C42H36NO8P/c1-26(44)43-38-40(39-35(25-46-41(48-39)30-16-6-3-7-17-30)47-42(38)45-24-27-12-4-2-5-13-27)51-52-49-33-22-20-28-14-8-10-18-31(28)36(33)37-32-19-11-9-15-29(32)21-23-34(37)50-52/h2-23,35,38-42H,24-25H2,1H3,(H,43,44)/t35-,38-,39-,40+,41?,42+/m1/s1. The Hall–Kier alpha value is -4.99. The van der Waals surface area contributed by atoms with Crippen LogP contribution in [-0.2, 0) is 30.3 Å². The lowest BCUT2D eigenvalue weighted by Gasteiger charge is -2.48. The highest BCUT2D eigenvalue weighted by Gasteiger charge is 2.52. The van der Waals surface area contributed by atoms with Gasteiger partial charge in [0.2, 0.25) is 5.91 Å². The molecule has 2 aliphatic rings. The number of nitrogens with one attached hydrogen (secondary N) is 1. The van der Waals surface area contributed by atoms with Gasteiger partial charge in [-0.25, -0.2) is 0 Å². The normalized spacial score (nSPS) is 23.1. The Morgan fingerprint density at radius 2 is 1.33 bits per heavy atom. The SMILES string of the molecule is CC(=O)N[C@H]1[C@@H](OCc2ccccc2)O[C@@H]2COC(c3ccccc3)O[C@H]2[C@H]1Op1oc2ccc3ccccc3c2c2c(ccc3ccccc32)o1. The molecule has 0 radical (unpaired) electrons. The average molecular weight is 714 g/mol. The second-order valence-corrected chi connectivity index (χ2v) is 14.1. The molecule has 2 fully saturated rings. The average Bonchev–Trinajstić information content (AvgIpc) is 3.35. The molecule has 262 valence electrons. The van der Waals surface area contributed by atoms with Crippen molar-refractivity contribution in [3.63, 3.8) is 0 Å². The van der Waals surface area contributed by atoms with Crippen molar-refractivity contribution in [3.8, 4) is 0 Å². The van der Waals surface area contributed by atoms with Crippen LogP contribution in [0.15, 0.2) is 142 Å². The monoisotopic (exact) mass is 713 g/mol. The molecule has 2 aliphatic heterocycles. The number of amides is 1. The van der Waals surface area contributed by atoms with Gasteiger partial charge < -0.3 is 32.7 Å². The highest BCUT2D eigenvalue weighted by molar-refractivity contribution is 7.31. The minimum Gasteiger partial charge on any atom is -0.399 e. The molecule has 1 amide bonds. The summed E-state index contributed by atoms with van der Waals surface area (Å²) < 4.78 is 46.2. The van der Waals surface area contributed by atoms with E-state index in [0.29, 0.717) is 11.2 Å². The van der Waals surface area contributed by atoms with Crippen LogP contribution >= 0.6 is 8.24 Å². The van der Waals surface area contributed by atoms with Gasteiger partial charge in [-0.1, -0.05) is 121 Å². The first-order valence-corrected chi connectivity index (χ1v) is 18.5. The number of hydrogen-bond donors (Lipinski definition) is 1. The third kappa shape index (κ3) is 6.37. The highest BCUT2D eigenvalue weighted by atomic mass is 31.1. The van der Waals surface area contributed by atoms with E-state index < -0.39 is 45.2 Å². The Morgan fingerprint density at radius 1 is 0.731 bits per heavy atom. The molecule has 0 aliphatic carbocycles. The van der Waals surface area contributed by atoms with Crippen LogP contribution in [-0.4, -0.2) is 43.2 Å². The maximum atomic E-state index is 12.8. The van der Waals surface area contributed by atoms with Gasteiger partial charge in [0.15, 0.2) is 12.6 Å². The molecule has 9 nitrogen and oxygen atoms in total. The second kappa shape index (κ2) is 14.2. The molecule has 1 aromatic heterocycles. The van der Waals surface area contributed by atoms with Crippen LogP contribution in [0.4, 0.5) is 0 Å². The summed E-state index contributed by atoms with van der Waals surface area (Å²) in [6, 6.07) is 43.2. The smallest absolute Gasteiger partial charge is 0.387 e. The zero-order valence-corrected chi connectivity index (χ0v) is 29.2. The zero-order chi connectivity index (χ0) is 35.0. The van der Waals surface area contributed by atoms with E-state index in [4.69, 9.17) is 31.9 Å². The highest BCUT2D eigenvalue weighted by Crippen LogP contribution is 2.43. The number of hydrogen-bond acceptors (Lipinski definition) is 8. The molecule has 0 bridgehead atoms. The third-order valence-corrected chi connectivity index (χ3v) is 10.7. The Labute approximate surface area is 300 Å². The number of carbonyl (C=O) groups excluding carboxylic acids is 1. The molecule has 6 atom stereocenters. The van der Waals surface area contributed by atoms with Crippen LogP contribution in [0.1, 0.15) is 24.3 Å². The van der Waals surface area contributed by atoms with Crippen molar-refractivity contribution in [1.29, 1.82) is 0 Å². The molecule has 7 aromatic rings. The van der Waals surface area contributed by atoms with E-state index in [-0.39, 0.29) is 19.1 Å². The lowest BCUT2D eigenvalue weighted by Crippen LogP contribution is -2.68. The molecule has 1 unspecified atom stereocenters. The molecule has 10 heteroatoms. The summed E-state index contributed by atoms with van der Waals surface area (Å²) in [5.74, 6) is -0.273. The summed E-state index contributed by atoms with van der Waals surface area (Å²) in [5, 5.41) is 9.15. The van der Waals surface area contributed by atoms with E-state index in [2.05, 4.69) is 29.6 Å². The van der Waals surface area contributed by atoms with Crippen molar-refractivity contribution in [2.75, 3.05) is 6.61 Å². The van der Waals surface area contributed by atoms with E-state index in [1.165, 1.54) is 6.92 Å². The lowest BCUT2D eigenvalue weighted by atomic mass is 9.95. The Bertz CT molecular complexity index is 2320. The van der Waals surface area contributed by atoms with Crippen LogP contribution in [0.3, 0.4) is 0 Å². The molecule has 3 heterocycles. The fourth-order valence-corrected chi connectivity index (χ4v) is 8.45. The molecule has 9 rings (SSSR count). The van der Waals surface area contributed by atoms with Crippen LogP contribution in [0.25, 0.3) is 43.5 Å². The first kappa shape index (κ1) is 32.9. The van der Waals surface area contributed by atoms with Crippen LogP contribution in [0.5, 0.6) is 0 Å². The minimum atomic E-state index is -2.11. The number of carbonyl (C=O) groups is 1. The molecule has 2 saturated heterocycles. The summed E-state index contributed by atoms with van der Waals surface area (Å²) in [4.78, 5) is 12.8. The number of rotatable bonds is 7. The van der Waals surface area contributed by atoms with Gasteiger partial charge >= 0.3 is 8.24 Å². The van der Waals surface area contributed by atoms with Crippen molar-refractivity contribution < 1.29 is 36.7 Å². The van der Waals surface area contributed by atoms with Crippen molar-refractivity contribution in [3.05, 3.63) is 145 Å². The second-order valence-electron chi connectivity index (χ2n) is 13.0. The summed E-state index contributed by atoms with van der Waals surface area (Å²) in [6.45, 7) is 1.93. The molecular formula is C42H36NO8P. The van der Waals surface area contributed by atoms with Gasteiger partial charge in [-0.05, 0) is 39.2 Å². The van der Waals surface area contributed by atoms with Gasteiger partial charge in [-0.2, -0.15) is 0 Å². The van der Waals surface area contributed by atoms with Crippen LogP contribution in [0, 0.1) is 0 Å².